The van der Waals surface area contributed by atoms with Crippen LogP contribution in [0.1, 0.15) is 5.89 Å². The smallest absolute Gasteiger partial charge is 0.236 e. The predicted octanol–water partition coefficient (Wildman–Crippen LogP) is 2.17. The second kappa shape index (κ2) is 4.35. The SMILES string of the molecule is COc1cccc(-c2noc(CS)n2)c1. The highest BCUT2D eigenvalue weighted by Gasteiger charge is 2.07. The van der Waals surface area contributed by atoms with Crippen LogP contribution in [0.15, 0.2) is 28.8 Å². The summed E-state index contributed by atoms with van der Waals surface area (Å²) < 4.78 is 10.1. The standard InChI is InChI=1S/C10H10N2O2S/c1-13-8-4-2-3-7(5-8)10-11-9(6-15)14-12-10/h2-5,15H,6H2,1H3. The molecule has 0 atom stereocenters. The number of thiol groups is 1. The number of rotatable bonds is 3. The molecule has 0 N–H and O–H groups in total. The second-order valence-electron chi connectivity index (χ2n) is 2.90. The molecule has 0 saturated heterocycles. The van der Waals surface area contributed by atoms with Gasteiger partial charge in [0.2, 0.25) is 11.7 Å². The Morgan fingerprint density at radius 3 is 3.00 bits per heavy atom. The van der Waals surface area contributed by atoms with E-state index in [0.29, 0.717) is 17.5 Å². The van der Waals surface area contributed by atoms with Gasteiger partial charge in [-0.3, -0.25) is 0 Å². The summed E-state index contributed by atoms with van der Waals surface area (Å²) in [5.41, 5.74) is 0.867. The van der Waals surface area contributed by atoms with E-state index in [2.05, 4.69) is 22.8 Å². The fourth-order valence-electron chi connectivity index (χ4n) is 1.20. The molecule has 0 aliphatic carbocycles. The van der Waals surface area contributed by atoms with Gasteiger partial charge in [0.05, 0.1) is 12.9 Å². The van der Waals surface area contributed by atoms with Gasteiger partial charge in [-0.05, 0) is 12.1 Å². The molecule has 0 saturated carbocycles. The Morgan fingerprint density at radius 1 is 1.47 bits per heavy atom. The van der Waals surface area contributed by atoms with Crippen LogP contribution >= 0.6 is 12.6 Å². The molecule has 2 rings (SSSR count). The van der Waals surface area contributed by atoms with Gasteiger partial charge in [0.1, 0.15) is 5.75 Å². The van der Waals surface area contributed by atoms with Crippen molar-refractivity contribution < 1.29 is 9.26 Å². The lowest BCUT2D eigenvalue weighted by molar-refractivity contribution is 0.392. The highest BCUT2D eigenvalue weighted by atomic mass is 32.1. The van der Waals surface area contributed by atoms with Crippen LogP contribution in [0.4, 0.5) is 0 Å². The molecule has 0 amide bonds. The van der Waals surface area contributed by atoms with E-state index in [9.17, 15) is 0 Å². The number of ether oxygens (including phenoxy) is 1. The van der Waals surface area contributed by atoms with Crippen LogP contribution in [-0.2, 0) is 5.75 Å². The lowest BCUT2D eigenvalue weighted by atomic mass is 10.2. The molecule has 0 bridgehead atoms. The number of aromatic nitrogens is 2. The Morgan fingerprint density at radius 2 is 2.33 bits per heavy atom. The summed E-state index contributed by atoms with van der Waals surface area (Å²) >= 11 is 4.05. The van der Waals surface area contributed by atoms with E-state index in [1.54, 1.807) is 7.11 Å². The zero-order chi connectivity index (χ0) is 10.7. The number of hydrogen-bond donors (Lipinski definition) is 1. The van der Waals surface area contributed by atoms with Gasteiger partial charge < -0.3 is 9.26 Å². The van der Waals surface area contributed by atoms with E-state index in [-0.39, 0.29) is 0 Å². The molecule has 1 aromatic heterocycles. The minimum absolute atomic E-state index is 0.441. The van der Waals surface area contributed by atoms with E-state index < -0.39 is 0 Å². The maximum atomic E-state index is 5.11. The van der Waals surface area contributed by atoms with Gasteiger partial charge in [0.15, 0.2) is 0 Å². The minimum atomic E-state index is 0.441. The van der Waals surface area contributed by atoms with Gasteiger partial charge in [0.25, 0.3) is 0 Å². The first kappa shape index (κ1) is 10.0. The van der Waals surface area contributed by atoms with Crippen molar-refractivity contribution in [3.63, 3.8) is 0 Å². The van der Waals surface area contributed by atoms with Crippen LogP contribution in [-0.4, -0.2) is 17.3 Å². The average Bonchev–Trinajstić information content (AvgIpc) is 2.78. The highest BCUT2D eigenvalue weighted by Crippen LogP contribution is 2.21. The maximum Gasteiger partial charge on any atom is 0.236 e. The van der Waals surface area contributed by atoms with Gasteiger partial charge in [0, 0.05) is 5.56 Å². The summed E-state index contributed by atoms with van der Waals surface area (Å²) in [7, 11) is 1.62. The Labute approximate surface area is 92.7 Å². The molecule has 78 valence electrons. The van der Waals surface area contributed by atoms with E-state index in [1.165, 1.54) is 0 Å². The Balaban J connectivity index is 2.35. The highest BCUT2D eigenvalue weighted by molar-refractivity contribution is 7.79. The largest absolute Gasteiger partial charge is 0.497 e. The van der Waals surface area contributed by atoms with Crippen molar-refractivity contribution in [3.05, 3.63) is 30.2 Å². The molecule has 5 heteroatoms. The van der Waals surface area contributed by atoms with E-state index in [4.69, 9.17) is 9.26 Å². The predicted molar refractivity (Wildman–Crippen MR) is 59.0 cm³/mol. The number of benzene rings is 1. The van der Waals surface area contributed by atoms with Crippen LogP contribution in [0, 0.1) is 0 Å². The summed E-state index contributed by atoms with van der Waals surface area (Å²) in [4.78, 5) is 4.16. The van der Waals surface area contributed by atoms with E-state index in [1.807, 2.05) is 24.3 Å². The molecule has 2 aromatic rings. The molecule has 4 nitrogen and oxygen atoms in total. The van der Waals surface area contributed by atoms with Crippen LogP contribution in [0.3, 0.4) is 0 Å². The normalized spacial score (nSPS) is 10.3. The quantitative estimate of drug-likeness (QED) is 0.808. The monoisotopic (exact) mass is 222 g/mol. The third-order valence-electron chi connectivity index (χ3n) is 1.93. The Kier molecular flexibility index (Phi) is 2.91. The molecule has 0 aliphatic rings. The molecule has 0 spiro atoms. The lowest BCUT2D eigenvalue weighted by Crippen LogP contribution is -1.85. The van der Waals surface area contributed by atoms with Crippen LogP contribution < -0.4 is 4.74 Å². The first-order valence-corrected chi connectivity index (χ1v) is 5.04. The van der Waals surface area contributed by atoms with Crippen LogP contribution in [0.5, 0.6) is 5.75 Å². The van der Waals surface area contributed by atoms with E-state index >= 15 is 0 Å². The van der Waals surface area contributed by atoms with Crippen molar-refractivity contribution in [3.8, 4) is 17.1 Å². The van der Waals surface area contributed by atoms with Gasteiger partial charge in [-0.1, -0.05) is 17.3 Å². The minimum Gasteiger partial charge on any atom is -0.497 e. The average molecular weight is 222 g/mol. The third-order valence-corrected chi connectivity index (χ3v) is 2.20. The fraction of sp³-hybridized carbons (Fsp3) is 0.200. The van der Waals surface area contributed by atoms with Crippen LogP contribution in [0.2, 0.25) is 0 Å². The van der Waals surface area contributed by atoms with Crippen molar-refractivity contribution in [2.24, 2.45) is 0 Å². The first-order valence-electron chi connectivity index (χ1n) is 4.41. The van der Waals surface area contributed by atoms with Crippen molar-refractivity contribution in [2.45, 2.75) is 5.75 Å². The number of nitrogens with zero attached hydrogens (tertiary/aromatic N) is 2. The molecule has 1 aromatic carbocycles. The summed E-state index contributed by atoms with van der Waals surface area (Å²) in [6.45, 7) is 0. The molecule has 1 heterocycles. The van der Waals surface area contributed by atoms with Crippen molar-refractivity contribution in [1.82, 2.24) is 10.1 Å². The summed E-state index contributed by atoms with van der Waals surface area (Å²) in [5, 5.41) is 3.84. The third kappa shape index (κ3) is 2.12. The van der Waals surface area contributed by atoms with Gasteiger partial charge in [-0.15, -0.1) is 0 Å². The summed E-state index contributed by atoms with van der Waals surface area (Å²) in [5.74, 6) is 2.27. The Bertz CT molecular complexity index is 456. The molecule has 0 radical (unpaired) electrons. The van der Waals surface area contributed by atoms with Gasteiger partial charge >= 0.3 is 0 Å². The zero-order valence-corrected chi connectivity index (χ0v) is 9.07. The van der Waals surface area contributed by atoms with Gasteiger partial charge in [-0.25, -0.2) is 0 Å². The summed E-state index contributed by atoms with van der Waals surface area (Å²) in [6.07, 6.45) is 0. The lowest BCUT2D eigenvalue weighted by Gasteiger charge is -1.99. The Hall–Kier alpha value is -1.49. The van der Waals surface area contributed by atoms with E-state index in [0.717, 1.165) is 11.3 Å². The fourth-order valence-corrected chi connectivity index (χ4v) is 1.33. The number of methoxy groups -OCH3 is 1. The van der Waals surface area contributed by atoms with Crippen molar-refractivity contribution in [1.29, 1.82) is 0 Å². The molecular weight excluding hydrogens is 212 g/mol. The summed E-state index contributed by atoms with van der Waals surface area (Å²) in [6, 6.07) is 7.50. The molecule has 0 aliphatic heterocycles. The van der Waals surface area contributed by atoms with Crippen molar-refractivity contribution >= 4 is 12.6 Å². The van der Waals surface area contributed by atoms with Crippen LogP contribution in [0.25, 0.3) is 11.4 Å². The zero-order valence-electron chi connectivity index (χ0n) is 8.17. The topological polar surface area (TPSA) is 48.2 Å². The molecule has 0 unspecified atom stereocenters. The number of hydrogen-bond acceptors (Lipinski definition) is 5. The van der Waals surface area contributed by atoms with Crippen molar-refractivity contribution in [2.75, 3.05) is 7.11 Å². The second-order valence-corrected chi connectivity index (χ2v) is 3.22. The molecule has 15 heavy (non-hydrogen) atoms. The van der Waals surface area contributed by atoms with Gasteiger partial charge in [-0.2, -0.15) is 17.6 Å². The first-order chi connectivity index (χ1) is 7.33. The molecular formula is C10H10N2O2S. The molecule has 0 fully saturated rings. The maximum absolute atomic E-state index is 5.11.